The van der Waals surface area contributed by atoms with Gasteiger partial charge in [-0.25, -0.2) is 0 Å². The van der Waals surface area contributed by atoms with Gasteiger partial charge in [0, 0.05) is 16.5 Å². The third kappa shape index (κ3) is 1.14. The van der Waals surface area contributed by atoms with Gasteiger partial charge >= 0.3 is 0 Å². The Morgan fingerprint density at radius 2 is 1.29 bits per heavy atom. The molecule has 0 radical (unpaired) electrons. The highest BCUT2D eigenvalue weighted by Crippen LogP contribution is 2.35. The monoisotopic (exact) mass is 219 g/mol. The quantitative estimate of drug-likeness (QED) is 0.570. The Labute approximate surface area is 100.0 Å². The molecule has 1 aromatic heterocycles. The summed E-state index contributed by atoms with van der Waals surface area (Å²) in [6.07, 6.45) is 4.75. The number of hydrogen-bond donors (Lipinski definition) is 0. The molecule has 2 aromatic carbocycles. The summed E-state index contributed by atoms with van der Waals surface area (Å²) < 4.78 is 2.41. The van der Waals surface area contributed by atoms with E-state index in [1.165, 1.54) is 40.3 Å². The molecule has 0 spiro atoms. The summed E-state index contributed by atoms with van der Waals surface area (Å²) in [5.41, 5.74) is 4.11. The van der Waals surface area contributed by atoms with Crippen molar-refractivity contribution in [2.75, 3.05) is 0 Å². The molecular weight excluding hydrogens is 206 g/mol. The normalized spacial score (nSPS) is 14.9. The van der Waals surface area contributed by atoms with Crippen molar-refractivity contribution in [3.05, 3.63) is 54.6 Å². The highest BCUT2D eigenvalue weighted by molar-refractivity contribution is 6.10. The Hall–Kier alpha value is -2.02. The van der Waals surface area contributed by atoms with Gasteiger partial charge in [-0.3, -0.25) is 0 Å². The maximum Gasteiger partial charge on any atom is 0.0537 e. The van der Waals surface area contributed by atoms with Crippen molar-refractivity contribution in [1.29, 1.82) is 0 Å². The van der Waals surface area contributed by atoms with Gasteiger partial charge in [-0.05, 0) is 25.0 Å². The molecule has 17 heavy (non-hydrogen) atoms. The molecule has 0 atom stereocenters. The molecule has 0 saturated heterocycles. The third-order valence-corrected chi connectivity index (χ3v) is 3.65. The van der Waals surface area contributed by atoms with E-state index in [1.54, 1.807) is 0 Å². The molecule has 1 heterocycles. The predicted molar refractivity (Wildman–Crippen MR) is 73.0 cm³/mol. The lowest BCUT2D eigenvalue weighted by molar-refractivity contribution is 0.910. The second kappa shape index (κ2) is 3.24. The number of benzene rings is 2. The largest absolute Gasteiger partial charge is 0.313 e. The molecule has 0 unspecified atom stereocenters. The van der Waals surface area contributed by atoms with Gasteiger partial charge in [0.05, 0.1) is 11.0 Å². The number of fused-ring (bicyclic) bond motifs is 3. The van der Waals surface area contributed by atoms with Crippen LogP contribution in [0.1, 0.15) is 12.8 Å². The van der Waals surface area contributed by atoms with Crippen LogP contribution >= 0.6 is 0 Å². The first kappa shape index (κ1) is 9.06. The van der Waals surface area contributed by atoms with Crippen LogP contribution in [0.3, 0.4) is 0 Å². The van der Waals surface area contributed by atoms with Gasteiger partial charge < -0.3 is 4.57 Å². The van der Waals surface area contributed by atoms with Gasteiger partial charge in [-0.1, -0.05) is 42.5 Å². The van der Waals surface area contributed by atoms with Crippen molar-refractivity contribution in [2.24, 2.45) is 0 Å². The number of rotatable bonds is 1. The highest BCUT2D eigenvalue weighted by Gasteiger charge is 2.15. The maximum absolute atomic E-state index is 2.41. The summed E-state index contributed by atoms with van der Waals surface area (Å²) in [7, 11) is 0. The van der Waals surface area contributed by atoms with Crippen molar-refractivity contribution in [1.82, 2.24) is 4.57 Å². The zero-order valence-electron chi connectivity index (χ0n) is 9.56. The summed E-state index contributed by atoms with van der Waals surface area (Å²) in [5, 5.41) is 2.71. The first-order valence-electron chi connectivity index (χ1n) is 6.13. The molecule has 0 bridgehead atoms. The van der Waals surface area contributed by atoms with E-state index < -0.39 is 0 Å². The molecular formula is C16H13N. The standard InChI is InChI=1S/C16H13N/c1-3-10-15-13(8-1)14-9-2-4-11-16(14)17(15)12-6-5-7-12/h1-4,6,8-11H,5,7H2. The van der Waals surface area contributed by atoms with Crippen LogP contribution in [0.2, 0.25) is 0 Å². The molecule has 1 aliphatic rings. The van der Waals surface area contributed by atoms with Crippen LogP contribution in [0.5, 0.6) is 0 Å². The van der Waals surface area contributed by atoms with Crippen LogP contribution in [-0.2, 0) is 0 Å². The second-order valence-corrected chi connectivity index (χ2v) is 4.60. The Morgan fingerprint density at radius 3 is 1.76 bits per heavy atom. The van der Waals surface area contributed by atoms with E-state index in [9.17, 15) is 0 Å². The fraction of sp³-hybridized carbons (Fsp3) is 0.125. The van der Waals surface area contributed by atoms with Gasteiger partial charge in [-0.2, -0.15) is 0 Å². The van der Waals surface area contributed by atoms with Crippen molar-refractivity contribution in [3.63, 3.8) is 0 Å². The summed E-state index contributed by atoms with van der Waals surface area (Å²) in [6, 6.07) is 17.3. The van der Waals surface area contributed by atoms with Gasteiger partial charge in [-0.15, -0.1) is 0 Å². The second-order valence-electron chi connectivity index (χ2n) is 4.60. The third-order valence-electron chi connectivity index (χ3n) is 3.65. The Bertz CT molecular complexity index is 693. The molecule has 0 amide bonds. The fourth-order valence-electron chi connectivity index (χ4n) is 2.71. The van der Waals surface area contributed by atoms with E-state index in [0.717, 1.165) is 0 Å². The minimum absolute atomic E-state index is 1.20. The first-order chi connectivity index (χ1) is 8.45. The molecule has 1 aliphatic carbocycles. The number of nitrogens with zero attached hydrogens (tertiary/aromatic N) is 1. The molecule has 1 heteroatoms. The molecule has 0 saturated carbocycles. The average Bonchev–Trinajstić information content (AvgIpc) is 2.64. The lowest BCUT2D eigenvalue weighted by Gasteiger charge is -2.18. The fourth-order valence-corrected chi connectivity index (χ4v) is 2.71. The van der Waals surface area contributed by atoms with Crippen molar-refractivity contribution in [2.45, 2.75) is 12.8 Å². The molecule has 4 rings (SSSR count). The summed E-state index contributed by atoms with van der Waals surface area (Å²) in [6.45, 7) is 0. The zero-order valence-corrected chi connectivity index (χ0v) is 9.56. The van der Waals surface area contributed by atoms with Crippen LogP contribution < -0.4 is 0 Å². The SMILES string of the molecule is C1=C(n2c3ccccc3c3ccccc32)CC1. The topological polar surface area (TPSA) is 4.93 Å². The van der Waals surface area contributed by atoms with Crippen LogP contribution in [0.15, 0.2) is 54.6 Å². The summed E-state index contributed by atoms with van der Waals surface area (Å²) in [5.74, 6) is 0. The minimum Gasteiger partial charge on any atom is -0.313 e. The molecule has 0 N–H and O–H groups in total. The van der Waals surface area contributed by atoms with E-state index in [1.807, 2.05) is 0 Å². The van der Waals surface area contributed by atoms with Gasteiger partial charge in [0.1, 0.15) is 0 Å². The molecule has 1 nitrogen and oxygen atoms in total. The molecule has 0 fully saturated rings. The number of para-hydroxylation sites is 2. The molecule has 3 aromatic rings. The van der Waals surface area contributed by atoms with Crippen molar-refractivity contribution < 1.29 is 0 Å². The number of aromatic nitrogens is 1. The van der Waals surface area contributed by atoms with Crippen LogP contribution in [0.4, 0.5) is 0 Å². The van der Waals surface area contributed by atoms with E-state index in [2.05, 4.69) is 59.2 Å². The van der Waals surface area contributed by atoms with Crippen LogP contribution in [-0.4, -0.2) is 4.57 Å². The smallest absolute Gasteiger partial charge is 0.0537 e. The van der Waals surface area contributed by atoms with E-state index in [-0.39, 0.29) is 0 Å². The van der Waals surface area contributed by atoms with E-state index in [0.29, 0.717) is 0 Å². The number of allylic oxidation sites excluding steroid dienone is 2. The maximum atomic E-state index is 2.41. The number of hydrogen-bond acceptors (Lipinski definition) is 0. The Kier molecular flexibility index (Phi) is 1.72. The first-order valence-corrected chi connectivity index (χ1v) is 6.13. The molecule has 0 aliphatic heterocycles. The van der Waals surface area contributed by atoms with Gasteiger partial charge in [0.2, 0.25) is 0 Å². The van der Waals surface area contributed by atoms with Crippen LogP contribution in [0.25, 0.3) is 27.5 Å². The van der Waals surface area contributed by atoms with Crippen molar-refractivity contribution in [3.8, 4) is 0 Å². The highest BCUT2D eigenvalue weighted by atomic mass is 15.0. The average molecular weight is 219 g/mol. The zero-order chi connectivity index (χ0) is 11.2. The van der Waals surface area contributed by atoms with Gasteiger partial charge in [0.15, 0.2) is 0 Å². The summed E-state index contributed by atoms with van der Waals surface area (Å²) in [4.78, 5) is 0. The predicted octanol–water partition coefficient (Wildman–Crippen LogP) is 4.43. The Morgan fingerprint density at radius 1 is 0.765 bits per heavy atom. The van der Waals surface area contributed by atoms with Crippen LogP contribution in [0, 0.1) is 0 Å². The minimum atomic E-state index is 1.20. The molecule has 82 valence electrons. The van der Waals surface area contributed by atoms with Crippen molar-refractivity contribution >= 4 is 27.5 Å². The van der Waals surface area contributed by atoms with Gasteiger partial charge in [0.25, 0.3) is 0 Å². The van der Waals surface area contributed by atoms with E-state index in [4.69, 9.17) is 0 Å². The lowest BCUT2D eigenvalue weighted by atomic mass is 10.1. The van der Waals surface area contributed by atoms with E-state index >= 15 is 0 Å². The lowest BCUT2D eigenvalue weighted by Crippen LogP contribution is -2.02. The summed E-state index contributed by atoms with van der Waals surface area (Å²) >= 11 is 0. The Balaban J connectivity index is 2.26.